The van der Waals surface area contributed by atoms with Crippen LogP contribution in [0.25, 0.3) is 87.6 Å². The van der Waals surface area contributed by atoms with Gasteiger partial charge in [-0.1, -0.05) is 200 Å². The van der Waals surface area contributed by atoms with Crippen LogP contribution in [-0.2, 0) is 0 Å². The molecule has 0 heterocycles. The van der Waals surface area contributed by atoms with Crippen molar-refractivity contribution in [1.82, 2.24) is 0 Å². The molecule has 0 atom stereocenters. The first-order chi connectivity index (χ1) is 29.2. The molecule has 1 heteroatoms. The van der Waals surface area contributed by atoms with E-state index >= 15 is 0 Å². The lowest BCUT2D eigenvalue weighted by molar-refractivity contribution is 1.28. The van der Waals surface area contributed by atoms with E-state index in [2.05, 4.69) is 241 Å². The highest BCUT2D eigenvalue weighted by atomic mass is 15.1. The highest BCUT2D eigenvalue weighted by Crippen LogP contribution is 2.45. The summed E-state index contributed by atoms with van der Waals surface area (Å²) in [5, 5.41) is 10.1. The van der Waals surface area contributed by atoms with Gasteiger partial charge in [-0.15, -0.1) is 0 Å². The molecule has 0 N–H and O–H groups in total. The van der Waals surface area contributed by atoms with E-state index in [1.807, 2.05) is 0 Å². The van der Waals surface area contributed by atoms with Crippen molar-refractivity contribution in [2.75, 3.05) is 4.90 Å². The Hall–Kier alpha value is -7.74. The van der Waals surface area contributed by atoms with Crippen LogP contribution in [-0.4, -0.2) is 0 Å². The molecule has 0 aliphatic heterocycles. The lowest BCUT2D eigenvalue weighted by atomic mass is 9.92. The predicted octanol–water partition coefficient (Wildman–Crippen LogP) is 16.4. The van der Waals surface area contributed by atoms with Crippen LogP contribution in [0.1, 0.15) is 0 Å². The van der Waals surface area contributed by atoms with Gasteiger partial charge in [0, 0.05) is 16.9 Å². The fourth-order valence-corrected chi connectivity index (χ4v) is 8.89. The van der Waals surface area contributed by atoms with Crippen molar-refractivity contribution in [2.24, 2.45) is 0 Å². The zero-order valence-electron chi connectivity index (χ0n) is 32.5. The Labute approximate surface area is 344 Å². The van der Waals surface area contributed by atoms with E-state index in [0.717, 1.165) is 22.6 Å². The molecule has 11 rings (SSSR count). The summed E-state index contributed by atoms with van der Waals surface area (Å²) in [7, 11) is 0. The molecule has 0 saturated carbocycles. The number of fused-ring (bicyclic) bond motifs is 6. The number of hydrogen-bond donors (Lipinski definition) is 0. The van der Waals surface area contributed by atoms with Crippen LogP contribution in [0, 0.1) is 0 Å². The quantitative estimate of drug-likeness (QED) is 0.147. The minimum absolute atomic E-state index is 1.09. The lowest BCUT2D eigenvalue weighted by Crippen LogP contribution is -2.11. The Morgan fingerprint density at radius 3 is 1.39 bits per heavy atom. The van der Waals surface area contributed by atoms with Gasteiger partial charge in [0.15, 0.2) is 0 Å². The highest BCUT2D eigenvalue weighted by molar-refractivity contribution is 6.12. The number of rotatable bonds is 7. The molecule has 0 saturated heterocycles. The largest absolute Gasteiger partial charge is 0.310 e. The Balaban J connectivity index is 1.08. The van der Waals surface area contributed by atoms with Gasteiger partial charge < -0.3 is 4.90 Å². The van der Waals surface area contributed by atoms with Gasteiger partial charge in [-0.2, -0.15) is 0 Å². The number of hydrogen-bond acceptors (Lipinski definition) is 1. The Morgan fingerprint density at radius 2 is 0.695 bits per heavy atom. The third-order valence-corrected chi connectivity index (χ3v) is 11.9. The zero-order chi connectivity index (χ0) is 39.1. The summed E-state index contributed by atoms with van der Waals surface area (Å²) in [5.41, 5.74) is 12.8. The predicted molar refractivity (Wildman–Crippen MR) is 253 cm³/mol. The average molecular weight is 750 g/mol. The molecule has 1 nitrogen and oxygen atoms in total. The van der Waals surface area contributed by atoms with Gasteiger partial charge in [-0.25, -0.2) is 0 Å². The Bertz CT molecular complexity index is 3290. The molecule has 0 fully saturated rings. The van der Waals surface area contributed by atoms with Crippen LogP contribution in [0.15, 0.2) is 237 Å². The van der Waals surface area contributed by atoms with E-state index in [9.17, 15) is 0 Å². The van der Waals surface area contributed by atoms with Crippen molar-refractivity contribution in [3.05, 3.63) is 237 Å². The molecule has 276 valence electrons. The van der Waals surface area contributed by atoms with Gasteiger partial charge in [0.2, 0.25) is 0 Å². The fraction of sp³-hybridized carbons (Fsp3) is 0. The summed E-state index contributed by atoms with van der Waals surface area (Å²) < 4.78 is 0. The zero-order valence-corrected chi connectivity index (χ0v) is 32.5. The minimum Gasteiger partial charge on any atom is -0.310 e. The van der Waals surface area contributed by atoms with Crippen LogP contribution in [0.3, 0.4) is 0 Å². The molecule has 0 aromatic heterocycles. The fourth-order valence-electron chi connectivity index (χ4n) is 8.89. The van der Waals surface area contributed by atoms with Crippen molar-refractivity contribution >= 4 is 60.2 Å². The maximum atomic E-state index is 2.43. The van der Waals surface area contributed by atoms with Crippen LogP contribution < -0.4 is 4.90 Å². The molecule has 0 unspecified atom stereocenters. The van der Waals surface area contributed by atoms with Crippen molar-refractivity contribution in [1.29, 1.82) is 0 Å². The molecule has 11 aromatic carbocycles. The second-order valence-electron chi connectivity index (χ2n) is 15.3. The van der Waals surface area contributed by atoms with Gasteiger partial charge >= 0.3 is 0 Å². The topological polar surface area (TPSA) is 3.24 Å². The molecular weight excluding hydrogens is 711 g/mol. The van der Waals surface area contributed by atoms with Crippen LogP contribution in [0.4, 0.5) is 17.1 Å². The van der Waals surface area contributed by atoms with Gasteiger partial charge in [-0.3, -0.25) is 0 Å². The minimum atomic E-state index is 1.09. The molecule has 59 heavy (non-hydrogen) atoms. The van der Waals surface area contributed by atoms with Crippen molar-refractivity contribution in [2.45, 2.75) is 0 Å². The van der Waals surface area contributed by atoms with Gasteiger partial charge in [0.25, 0.3) is 0 Å². The van der Waals surface area contributed by atoms with Crippen molar-refractivity contribution in [3.8, 4) is 44.5 Å². The summed E-state index contributed by atoms with van der Waals surface area (Å²) in [5.74, 6) is 0. The van der Waals surface area contributed by atoms with E-state index in [4.69, 9.17) is 0 Å². The van der Waals surface area contributed by atoms with Crippen LogP contribution in [0.2, 0.25) is 0 Å². The molecule has 0 radical (unpaired) electrons. The standard InChI is InChI=1S/C58H39N/c1-3-12-40(13-4-1)41-24-31-49(32-25-41)59(50-33-26-42(27-34-50)46-29-35-54-47(38-46)23-22-44-16-7-9-18-51(44)54)58-39-48(30-36-55(58)43-14-5-2-6-15-43)53-20-11-21-56-52-19-10-8-17-45(52)28-37-57(53)56/h1-39H. The van der Waals surface area contributed by atoms with E-state index < -0.39 is 0 Å². The first kappa shape index (κ1) is 34.5. The smallest absolute Gasteiger partial charge is 0.0546 e. The van der Waals surface area contributed by atoms with E-state index in [0.29, 0.717) is 0 Å². The first-order valence-electron chi connectivity index (χ1n) is 20.3. The summed E-state index contributed by atoms with van der Waals surface area (Å²) in [6.45, 7) is 0. The normalized spacial score (nSPS) is 11.4. The number of nitrogens with zero attached hydrogens (tertiary/aromatic N) is 1. The summed E-state index contributed by atoms with van der Waals surface area (Å²) in [6, 6.07) is 86.3. The lowest BCUT2D eigenvalue weighted by Gasteiger charge is -2.29. The van der Waals surface area contributed by atoms with Gasteiger partial charge in [0.1, 0.15) is 0 Å². The van der Waals surface area contributed by atoms with E-state index in [-0.39, 0.29) is 0 Å². The first-order valence-corrected chi connectivity index (χ1v) is 20.3. The second kappa shape index (κ2) is 14.6. The monoisotopic (exact) mass is 749 g/mol. The Kier molecular flexibility index (Phi) is 8.56. The number of anilines is 3. The second-order valence-corrected chi connectivity index (χ2v) is 15.3. The molecule has 0 aliphatic carbocycles. The van der Waals surface area contributed by atoms with E-state index in [1.54, 1.807) is 0 Å². The summed E-state index contributed by atoms with van der Waals surface area (Å²) in [4.78, 5) is 2.43. The van der Waals surface area contributed by atoms with Crippen molar-refractivity contribution < 1.29 is 0 Å². The van der Waals surface area contributed by atoms with Gasteiger partial charge in [0.05, 0.1) is 5.69 Å². The molecule has 11 aromatic rings. The molecule has 0 amide bonds. The Morgan fingerprint density at radius 1 is 0.220 bits per heavy atom. The molecule has 0 spiro atoms. The third kappa shape index (κ3) is 6.30. The molecular formula is C58H39N. The maximum Gasteiger partial charge on any atom is 0.0546 e. The summed E-state index contributed by atoms with van der Waals surface area (Å²) in [6.07, 6.45) is 0. The van der Waals surface area contributed by atoms with Gasteiger partial charge in [-0.05, 0) is 118 Å². The third-order valence-electron chi connectivity index (χ3n) is 11.9. The summed E-state index contributed by atoms with van der Waals surface area (Å²) >= 11 is 0. The van der Waals surface area contributed by atoms with E-state index in [1.165, 1.54) is 82.0 Å². The SMILES string of the molecule is c1ccc(-c2ccc(N(c3ccc(-c4ccc5c(ccc6ccccc65)c4)cc3)c3cc(-c4cccc5c4ccc4ccccc45)ccc3-c3ccccc3)cc2)cc1. The van der Waals surface area contributed by atoms with Crippen LogP contribution >= 0.6 is 0 Å². The maximum absolute atomic E-state index is 2.43. The highest BCUT2D eigenvalue weighted by Gasteiger charge is 2.20. The molecule has 0 aliphatic rings. The van der Waals surface area contributed by atoms with Crippen LogP contribution in [0.5, 0.6) is 0 Å². The number of benzene rings is 11. The molecule has 0 bridgehead atoms. The average Bonchev–Trinajstić information content (AvgIpc) is 3.32. The van der Waals surface area contributed by atoms with Crippen molar-refractivity contribution in [3.63, 3.8) is 0 Å².